The highest BCUT2D eigenvalue weighted by Crippen LogP contribution is 2.37. The zero-order valence-electron chi connectivity index (χ0n) is 14.0. The summed E-state index contributed by atoms with van der Waals surface area (Å²) >= 11 is 0. The van der Waals surface area contributed by atoms with Crippen LogP contribution in [0.2, 0.25) is 0 Å². The summed E-state index contributed by atoms with van der Waals surface area (Å²) in [5.41, 5.74) is 2.33. The number of amides is 2. The van der Waals surface area contributed by atoms with E-state index in [4.69, 9.17) is 0 Å². The first-order chi connectivity index (χ1) is 12.0. The zero-order chi connectivity index (χ0) is 17.6. The van der Waals surface area contributed by atoms with Gasteiger partial charge in [0.25, 0.3) is 11.5 Å². The molecule has 1 aromatic heterocycles. The second-order valence-corrected chi connectivity index (χ2v) is 6.65. The van der Waals surface area contributed by atoms with Gasteiger partial charge >= 0.3 is 0 Å². The van der Waals surface area contributed by atoms with Crippen LogP contribution < -0.4 is 15.8 Å². The van der Waals surface area contributed by atoms with Crippen LogP contribution >= 0.6 is 0 Å². The van der Waals surface area contributed by atoms with Gasteiger partial charge in [0.15, 0.2) is 0 Å². The summed E-state index contributed by atoms with van der Waals surface area (Å²) in [7, 11) is 1.61. The van der Waals surface area contributed by atoms with Gasteiger partial charge in [-0.1, -0.05) is 6.07 Å². The van der Waals surface area contributed by atoms with E-state index in [1.54, 1.807) is 19.3 Å². The van der Waals surface area contributed by atoms with E-state index in [2.05, 4.69) is 5.32 Å². The number of pyridine rings is 1. The first kappa shape index (κ1) is 15.6. The Bertz CT molecular complexity index is 928. The molecule has 0 spiro atoms. The molecule has 0 atom stereocenters. The number of benzene rings is 1. The predicted molar refractivity (Wildman–Crippen MR) is 94.9 cm³/mol. The monoisotopic (exact) mass is 337 g/mol. The Hall–Kier alpha value is -2.89. The summed E-state index contributed by atoms with van der Waals surface area (Å²) in [4.78, 5) is 38.7. The van der Waals surface area contributed by atoms with Crippen molar-refractivity contribution in [3.8, 4) is 0 Å². The van der Waals surface area contributed by atoms with Crippen LogP contribution in [0.15, 0.2) is 41.3 Å². The highest BCUT2D eigenvalue weighted by atomic mass is 16.2. The Morgan fingerprint density at radius 2 is 2.00 bits per heavy atom. The Balaban J connectivity index is 1.59. The van der Waals surface area contributed by atoms with Crippen molar-refractivity contribution in [2.24, 2.45) is 13.0 Å². The molecule has 2 amide bonds. The molecule has 2 aromatic rings. The highest BCUT2D eigenvalue weighted by molar-refractivity contribution is 6.05. The van der Waals surface area contributed by atoms with Gasteiger partial charge in [0.2, 0.25) is 5.91 Å². The number of hydrogen-bond donors (Lipinski definition) is 1. The zero-order valence-corrected chi connectivity index (χ0v) is 14.0. The first-order valence-electron chi connectivity index (χ1n) is 8.46. The van der Waals surface area contributed by atoms with Crippen LogP contribution in [0, 0.1) is 5.92 Å². The quantitative estimate of drug-likeness (QED) is 0.930. The van der Waals surface area contributed by atoms with E-state index in [9.17, 15) is 14.4 Å². The number of nitrogens with one attached hydrogen (secondary N) is 1. The smallest absolute Gasteiger partial charge is 0.263 e. The molecule has 6 heteroatoms. The summed E-state index contributed by atoms with van der Waals surface area (Å²) in [5.74, 6) is -0.102. The third-order valence-electron chi connectivity index (χ3n) is 4.80. The van der Waals surface area contributed by atoms with E-state index in [0.717, 1.165) is 30.5 Å². The van der Waals surface area contributed by atoms with Crippen LogP contribution in [-0.2, 0) is 18.3 Å². The van der Waals surface area contributed by atoms with Gasteiger partial charge in [0.1, 0.15) is 5.56 Å². The minimum atomic E-state index is -0.445. The molecule has 1 N–H and O–H groups in total. The van der Waals surface area contributed by atoms with Crippen LogP contribution in [0.25, 0.3) is 0 Å². The lowest BCUT2D eigenvalue weighted by atomic mass is 10.1. The molecule has 4 rings (SSSR count). The maximum absolute atomic E-state index is 12.4. The second-order valence-electron chi connectivity index (χ2n) is 6.65. The molecule has 0 radical (unpaired) electrons. The molecular formula is C19H19N3O3. The molecule has 1 aliphatic heterocycles. The molecule has 2 heterocycles. The standard InChI is InChI=1S/C19H19N3O3/c1-21-9-2-3-15(19(21)25)17(23)20-14-7-6-12-8-10-22(16(12)11-14)18(24)13-4-5-13/h2-3,6-7,9,11,13H,4-5,8,10H2,1H3,(H,20,23). The van der Waals surface area contributed by atoms with Crippen molar-refractivity contribution in [3.63, 3.8) is 0 Å². The summed E-state index contributed by atoms with van der Waals surface area (Å²) in [6, 6.07) is 8.75. The van der Waals surface area contributed by atoms with Gasteiger partial charge < -0.3 is 14.8 Å². The van der Waals surface area contributed by atoms with Gasteiger partial charge in [-0.15, -0.1) is 0 Å². The van der Waals surface area contributed by atoms with Gasteiger partial charge in [-0.2, -0.15) is 0 Å². The third-order valence-corrected chi connectivity index (χ3v) is 4.80. The molecule has 1 aliphatic carbocycles. The number of carbonyl (C=O) groups is 2. The Morgan fingerprint density at radius 1 is 1.20 bits per heavy atom. The summed E-state index contributed by atoms with van der Waals surface area (Å²) in [6.45, 7) is 0.696. The Morgan fingerprint density at radius 3 is 2.76 bits per heavy atom. The van der Waals surface area contributed by atoms with E-state index in [1.165, 1.54) is 10.6 Å². The third kappa shape index (κ3) is 2.84. The maximum Gasteiger partial charge on any atom is 0.263 e. The molecule has 128 valence electrons. The summed E-state index contributed by atoms with van der Waals surface area (Å²) in [5, 5.41) is 2.77. The average Bonchev–Trinajstić information content (AvgIpc) is 3.36. The molecule has 25 heavy (non-hydrogen) atoms. The Kier molecular flexibility index (Phi) is 3.67. The number of carbonyl (C=O) groups excluding carboxylic acids is 2. The van der Waals surface area contributed by atoms with Crippen LogP contribution in [0.1, 0.15) is 28.8 Å². The Labute approximate surface area is 145 Å². The number of aryl methyl sites for hydroxylation is 1. The lowest BCUT2D eigenvalue weighted by molar-refractivity contribution is -0.119. The van der Waals surface area contributed by atoms with Gasteiger partial charge in [-0.05, 0) is 49.1 Å². The lowest BCUT2D eigenvalue weighted by Crippen LogP contribution is -2.30. The maximum atomic E-state index is 12.4. The van der Waals surface area contributed by atoms with Gasteiger partial charge in [0, 0.05) is 37.1 Å². The molecule has 6 nitrogen and oxygen atoms in total. The van der Waals surface area contributed by atoms with E-state index < -0.39 is 5.91 Å². The van der Waals surface area contributed by atoms with Crippen molar-refractivity contribution in [3.05, 3.63) is 58.0 Å². The molecule has 1 fully saturated rings. The molecule has 0 bridgehead atoms. The molecule has 2 aliphatic rings. The van der Waals surface area contributed by atoms with Gasteiger partial charge in [0.05, 0.1) is 0 Å². The van der Waals surface area contributed by atoms with E-state index >= 15 is 0 Å². The predicted octanol–water partition coefficient (Wildman–Crippen LogP) is 1.94. The normalized spacial score (nSPS) is 15.8. The fourth-order valence-corrected chi connectivity index (χ4v) is 3.21. The number of fused-ring (bicyclic) bond motifs is 1. The van der Waals surface area contributed by atoms with Gasteiger partial charge in [-0.3, -0.25) is 14.4 Å². The molecule has 1 saturated carbocycles. The largest absolute Gasteiger partial charge is 0.322 e. The fourth-order valence-electron chi connectivity index (χ4n) is 3.21. The number of anilines is 2. The van der Waals surface area contributed by atoms with E-state index in [0.29, 0.717) is 12.2 Å². The van der Waals surface area contributed by atoms with E-state index in [1.807, 2.05) is 23.1 Å². The number of nitrogens with zero attached hydrogens (tertiary/aromatic N) is 2. The minimum absolute atomic E-state index is 0.0939. The van der Waals surface area contributed by atoms with Crippen molar-refractivity contribution in [2.75, 3.05) is 16.8 Å². The summed E-state index contributed by atoms with van der Waals surface area (Å²) in [6.07, 6.45) is 4.38. The number of hydrogen-bond acceptors (Lipinski definition) is 3. The molecular weight excluding hydrogens is 318 g/mol. The minimum Gasteiger partial charge on any atom is -0.322 e. The van der Waals surface area contributed by atoms with Crippen molar-refractivity contribution in [1.29, 1.82) is 0 Å². The van der Waals surface area contributed by atoms with Crippen LogP contribution in [0.5, 0.6) is 0 Å². The molecule has 0 saturated heterocycles. The van der Waals surface area contributed by atoms with Gasteiger partial charge in [-0.25, -0.2) is 0 Å². The van der Waals surface area contributed by atoms with Crippen LogP contribution in [0.3, 0.4) is 0 Å². The van der Waals surface area contributed by atoms with Crippen molar-refractivity contribution >= 4 is 23.2 Å². The van der Waals surface area contributed by atoms with Crippen LogP contribution in [-0.4, -0.2) is 22.9 Å². The average molecular weight is 337 g/mol. The summed E-state index contributed by atoms with van der Waals surface area (Å²) < 4.78 is 1.37. The van der Waals surface area contributed by atoms with Crippen LogP contribution in [0.4, 0.5) is 11.4 Å². The van der Waals surface area contributed by atoms with Crippen molar-refractivity contribution in [2.45, 2.75) is 19.3 Å². The van der Waals surface area contributed by atoms with E-state index in [-0.39, 0.29) is 22.9 Å². The highest BCUT2D eigenvalue weighted by Gasteiger charge is 2.36. The van der Waals surface area contributed by atoms with Crippen molar-refractivity contribution in [1.82, 2.24) is 4.57 Å². The molecule has 0 unspecified atom stereocenters. The van der Waals surface area contributed by atoms with Crippen molar-refractivity contribution < 1.29 is 9.59 Å². The molecule has 1 aromatic carbocycles. The number of rotatable bonds is 3. The SMILES string of the molecule is Cn1cccc(C(=O)Nc2ccc3c(c2)N(C(=O)C2CC2)CC3)c1=O. The first-order valence-corrected chi connectivity index (χ1v) is 8.46. The number of aromatic nitrogens is 1. The lowest BCUT2D eigenvalue weighted by Gasteiger charge is -2.18. The topological polar surface area (TPSA) is 71.4 Å². The second kappa shape index (κ2) is 5.88. The fraction of sp³-hybridized carbons (Fsp3) is 0.316.